The van der Waals surface area contributed by atoms with Gasteiger partial charge in [0.05, 0.1) is 31.8 Å². The minimum atomic E-state index is 0.0477. The highest BCUT2D eigenvalue weighted by molar-refractivity contribution is 5.04. The van der Waals surface area contributed by atoms with Crippen LogP contribution in [0.1, 0.15) is 32.0 Å². The average Bonchev–Trinajstić information content (AvgIpc) is 2.76. The quantitative estimate of drug-likeness (QED) is 0.681. The number of hydrogen-bond acceptors (Lipinski definition) is 4. The highest BCUT2D eigenvalue weighted by Crippen LogP contribution is 2.18. The Hall–Kier alpha value is -0.910. The highest BCUT2D eigenvalue weighted by atomic mass is 16.5. The summed E-state index contributed by atoms with van der Waals surface area (Å²) in [5.41, 5.74) is 7.25. The average molecular weight is 255 g/mol. The molecule has 0 radical (unpaired) electrons. The van der Waals surface area contributed by atoms with Crippen LogP contribution in [-0.2, 0) is 16.0 Å². The Morgan fingerprint density at radius 2 is 2.11 bits per heavy atom. The van der Waals surface area contributed by atoms with Gasteiger partial charge in [-0.25, -0.2) is 4.98 Å². The van der Waals surface area contributed by atoms with Crippen molar-refractivity contribution < 1.29 is 9.47 Å². The molecule has 0 saturated heterocycles. The van der Waals surface area contributed by atoms with Crippen LogP contribution in [-0.4, -0.2) is 36.5 Å². The van der Waals surface area contributed by atoms with E-state index < -0.39 is 0 Å². The maximum absolute atomic E-state index is 6.17. The zero-order valence-corrected chi connectivity index (χ0v) is 11.6. The van der Waals surface area contributed by atoms with E-state index in [0.29, 0.717) is 25.7 Å². The van der Waals surface area contributed by atoms with Gasteiger partial charge in [0, 0.05) is 25.9 Å². The number of imidazole rings is 1. The Labute approximate surface area is 109 Å². The molecule has 1 aromatic heterocycles. The predicted octanol–water partition coefficient (Wildman–Crippen LogP) is 1.59. The van der Waals surface area contributed by atoms with Gasteiger partial charge in [0.25, 0.3) is 0 Å². The molecule has 2 N–H and O–H groups in total. The van der Waals surface area contributed by atoms with Crippen molar-refractivity contribution in [2.45, 2.75) is 32.9 Å². The van der Waals surface area contributed by atoms with Crippen LogP contribution in [0, 0.1) is 5.92 Å². The summed E-state index contributed by atoms with van der Waals surface area (Å²) in [5, 5.41) is 0. The Morgan fingerprint density at radius 1 is 1.33 bits per heavy atom. The molecule has 18 heavy (non-hydrogen) atoms. The van der Waals surface area contributed by atoms with Crippen LogP contribution in [0.5, 0.6) is 0 Å². The van der Waals surface area contributed by atoms with Crippen molar-refractivity contribution in [3.05, 3.63) is 18.2 Å². The van der Waals surface area contributed by atoms with Crippen LogP contribution >= 0.6 is 0 Å². The number of ether oxygens (including phenoxy) is 2. The van der Waals surface area contributed by atoms with Gasteiger partial charge in [0.2, 0.25) is 0 Å². The lowest BCUT2D eigenvalue weighted by Crippen LogP contribution is -2.19. The molecule has 0 aliphatic carbocycles. The van der Waals surface area contributed by atoms with Gasteiger partial charge in [-0.05, 0) is 12.3 Å². The molecule has 0 bridgehead atoms. The molecule has 0 amide bonds. The summed E-state index contributed by atoms with van der Waals surface area (Å²) < 4.78 is 12.4. The third-order valence-electron chi connectivity index (χ3n) is 2.76. The third kappa shape index (κ3) is 5.16. The zero-order valence-electron chi connectivity index (χ0n) is 11.6. The van der Waals surface area contributed by atoms with Gasteiger partial charge < -0.3 is 19.8 Å². The van der Waals surface area contributed by atoms with Crippen LogP contribution in [0.3, 0.4) is 0 Å². The second-order valence-electron chi connectivity index (χ2n) is 4.85. The van der Waals surface area contributed by atoms with E-state index in [9.17, 15) is 0 Å². The molecular weight excluding hydrogens is 230 g/mol. The summed E-state index contributed by atoms with van der Waals surface area (Å²) in [6.45, 7) is 7.04. The van der Waals surface area contributed by atoms with Gasteiger partial charge in [-0.1, -0.05) is 13.8 Å². The van der Waals surface area contributed by atoms with Crippen molar-refractivity contribution in [2.75, 3.05) is 26.9 Å². The van der Waals surface area contributed by atoms with Crippen molar-refractivity contribution in [1.29, 1.82) is 0 Å². The molecule has 1 heterocycles. The summed E-state index contributed by atoms with van der Waals surface area (Å²) in [6, 6.07) is 0.0477. The molecule has 0 aliphatic heterocycles. The predicted molar refractivity (Wildman–Crippen MR) is 71.3 cm³/mol. The number of nitrogens with zero attached hydrogens (tertiary/aromatic N) is 2. The SMILES string of the molecule is COCCOCCn1cncc1C(N)CC(C)C. The molecule has 1 unspecified atom stereocenters. The normalized spacial score (nSPS) is 13.2. The first kappa shape index (κ1) is 15.1. The number of aromatic nitrogens is 2. The van der Waals surface area contributed by atoms with Crippen LogP contribution in [0.15, 0.2) is 12.5 Å². The Kier molecular flexibility index (Phi) is 6.93. The fourth-order valence-electron chi connectivity index (χ4n) is 1.86. The molecule has 0 saturated carbocycles. The maximum Gasteiger partial charge on any atom is 0.0949 e. The fourth-order valence-corrected chi connectivity index (χ4v) is 1.86. The maximum atomic E-state index is 6.17. The molecule has 0 aromatic carbocycles. The number of methoxy groups -OCH3 is 1. The van der Waals surface area contributed by atoms with Crippen molar-refractivity contribution in [3.8, 4) is 0 Å². The lowest BCUT2D eigenvalue weighted by Gasteiger charge is -2.16. The second-order valence-corrected chi connectivity index (χ2v) is 4.85. The molecular formula is C13H25N3O2. The number of rotatable bonds is 9. The smallest absolute Gasteiger partial charge is 0.0949 e. The first-order valence-corrected chi connectivity index (χ1v) is 6.47. The van der Waals surface area contributed by atoms with Gasteiger partial charge in [-0.2, -0.15) is 0 Å². The van der Waals surface area contributed by atoms with E-state index in [1.54, 1.807) is 7.11 Å². The molecule has 1 aromatic rings. The first-order valence-electron chi connectivity index (χ1n) is 6.47. The summed E-state index contributed by atoms with van der Waals surface area (Å²) in [7, 11) is 1.67. The van der Waals surface area contributed by atoms with Crippen molar-refractivity contribution in [1.82, 2.24) is 9.55 Å². The summed E-state index contributed by atoms with van der Waals surface area (Å²) in [5.74, 6) is 0.585. The standard InChI is InChI=1S/C13H25N3O2/c1-11(2)8-12(14)13-9-15-10-16(13)4-5-18-7-6-17-3/h9-12H,4-8,14H2,1-3H3. The van der Waals surface area contributed by atoms with Crippen molar-refractivity contribution in [3.63, 3.8) is 0 Å². The van der Waals surface area contributed by atoms with Crippen LogP contribution in [0.25, 0.3) is 0 Å². The first-order chi connectivity index (χ1) is 8.65. The van der Waals surface area contributed by atoms with E-state index in [1.165, 1.54) is 0 Å². The minimum Gasteiger partial charge on any atom is -0.382 e. The van der Waals surface area contributed by atoms with E-state index in [4.69, 9.17) is 15.2 Å². The largest absolute Gasteiger partial charge is 0.382 e. The van der Waals surface area contributed by atoms with E-state index >= 15 is 0 Å². The summed E-state index contributed by atoms with van der Waals surface area (Å²) in [4.78, 5) is 4.17. The number of hydrogen-bond donors (Lipinski definition) is 1. The topological polar surface area (TPSA) is 62.3 Å². The van der Waals surface area contributed by atoms with Crippen LogP contribution < -0.4 is 5.73 Å². The molecule has 0 spiro atoms. The third-order valence-corrected chi connectivity index (χ3v) is 2.76. The van der Waals surface area contributed by atoms with Gasteiger partial charge in [-0.15, -0.1) is 0 Å². The lowest BCUT2D eigenvalue weighted by atomic mass is 10.0. The van der Waals surface area contributed by atoms with E-state index in [-0.39, 0.29) is 6.04 Å². The molecule has 5 heteroatoms. The Balaban J connectivity index is 2.39. The zero-order chi connectivity index (χ0) is 13.4. The second kappa shape index (κ2) is 8.24. The summed E-state index contributed by atoms with van der Waals surface area (Å²) in [6.07, 6.45) is 4.63. The number of nitrogens with two attached hydrogens (primary N) is 1. The highest BCUT2D eigenvalue weighted by Gasteiger charge is 2.12. The Morgan fingerprint density at radius 3 is 2.78 bits per heavy atom. The molecule has 5 nitrogen and oxygen atoms in total. The lowest BCUT2D eigenvalue weighted by molar-refractivity contribution is 0.0662. The fraction of sp³-hybridized carbons (Fsp3) is 0.769. The molecule has 1 atom stereocenters. The molecule has 1 rings (SSSR count). The van der Waals surface area contributed by atoms with E-state index in [1.807, 2.05) is 12.5 Å². The van der Waals surface area contributed by atoms with E-state index in [2.05, 4.69) is 23.4 Å². The van der Waals surface area contributed by atoms with Gasteiger partial charge >= 0.3 is 0 Å². The Bertz CT molecular complexity index is 326. The minimum absolute atomic E-state index is 0.0477. The van der Waals surface area contributed by atoms with Crippen molar-refractivity contribution in [2.24, 2.45) is 11.7 Å². The summed E-state index contributed by atoms with van der Waals surface area (Å²) >= 11 is 0. The van der Waals surface area contributed by atoms with Crippen LogP contribution in [0.2, 0.25) is 0 Å². The molecule has 0 fully saturated rings. The van der Waals surface area contributed by atoms with Gasteiger partial charge in [0.15, 0.2) is 0 Å². The molecule has 0 aliphatic rings. The molecule has 104 valence electrons. The van der Waals surface area contributed by atoms with Crippen molar-refractivity contribution >= 4 is 0 Å². The van der Waals surface area contributed by atoms with Gasteiger partial charge in [0.1, 0.15) is 0 Å². The van der Waals surface area contributed by atoms with E-state index in [0.717, 1.165) is 18.7 Å². The van der Waals surface area contributed by atoms with Gasteiger partial charge in [-0.3, -0.25) is 0 Å². The van der Waals surface area contributed by atoms with Crippen LogP contribution in [0.4, 0.5) is 0 Å². The monoisotopic (exact) mass is 255 g/mol.